The van der Waals surface area contributed by atoms with Crippen LogP contribution in [0, 0.1) is 11.3 Å². The molecule has 6 heteroatoms. The Labute approximate surface area is 107 Å². The molecule has 2 atom stereocenters. The molecule has 102 valence electrons. The molecule has 0 spiro atoms. The molecule has 0 aliphatic carbocycles. The molecule has 6 nitrogen and oxygen atoms in total. The second kappa shape index (κ2) is 5.46. The summed E-state index contributed by atoms with van der Waals surface area (Å²) in [6.45, 7) is 10.1. The summed E-state index contributed by atoms with van der Waals surface area (Å²) < 4.78 is 1.63. The lowest BCUT2D eigenvalue weighted by molar-refractivity contribution is -0.149. The standard InChI is InChI=1S/C12H22N4O2/c1-6-12(5,11(17)18)7-16-10(13-14-15-16)9(4)8(2)3/h8-9H,6-7H2,1-5H3,(H,17,18). The molecule has 18 heavy (non-hydrogen) atoms. The molecular weight excluding hydrogens is 232 g/mol. The zero-order chi connectivity index (χ0) is 13.9. The van der Waals surface area contributed by atoms with Crippen molar-refractivity contribution in [2.75, 3.05) is 0 Å². The van der Waals surface area contributed by atoms with E-state index < -0.39 is 11.4 Å². The van der Waals surface area contributed by atoms with Gasteiger partial charge in [0, 0.05) is 5.92 Å². The van der Waals surface area contributed by atoms with Gasteiger partial charge >= 0.3 is 5.97 Å². The van der Waals surface area contributed by atoms with E-state index >= 15 is 0 Å². The topological polar surface area (TPSA) is 80.9 Å². The van der Waals surface area contributed by atoms with Crippen molar-refractivity contribution in [3.05, 3.63) is 5.82 Å². The molecule has 0 saturated carbocycles. The second-order valence-corrected chi connectivity index (χ2v) is 5.45. The van der Waals surface area contributed by atoms with E-state index in [-0.39, 0.29) is 5.92 Å². The van der Waals surface area contributed by atoms with Gasteiger partial charge in [-0.05, 0) is 29.7 Å². The number of carboxylic acid groups (broad SMARTS) is 1. The van der Waals surface area contributed by atoms with Crippen LogP contribution in [0.3, 0.4) is 0 Å². The molecule has 1 N–H and O–H groups in total. The molecule has 0 amide bonds. The van der Waals surface area contributed by atoms with Crippen LogP contribution >= 0.6 is 0 Å². The number of carbonyl (C=O) groups is 1. The van der Waals surface area contributed by atoms with E-state index in [0.29, 0.717) is 18.9 Å². The van der Waals surface area contributed by atoms with Crippen molar-refractivity contribution in [2.45, 2.75) is 53.5 Å². The number of tetrazole rings is 1. The molecule has 1 aromatic rings. The Kier molecular flexibility index (Phi) is 4.43. The maximum Gasteiger partial charge on any atom is 0.311 e. The molecule has 0 aliphatic rings. The van der Waals surface area contributed by atoms with E-state index in [1.807, 2.05) is 6.92 Å². The number of aromatic nitrogens is 4. The van der Waals surface area contributed by atoms with Gasteiger partial charge in [0.25, 0.3) is 0 Å². The lowest BCUT2D eigenvalue weighted by Crippen LogP contribution is -2.33. The van der Waals surface area contributed by atoms with Gasteiger partial charge in [0.2, 0.25) is 0 Å². The first-order chi connectivity index (χ1) is 8.31. The van der Waals surface area contributed by atoms with Gasteiger partial charge in [-0.2, -0.15) is 0 Å². The molecule has 0 aliphatic heterocycles. The van der Waals surface area contributed by atoms with Crippen molar-refractivity contribution >= 4 is 5.97 Å². The maximum absolute atomic E-state index is 11.3. The molecule has 1 rings (SSSR count). The Balaban J connectivity index is 2.99. The van der Waals surface area contributed by atoms with Crippen LogP contribution in [0.2, 0.25) is 0 Å². The van der Waals surface area contributed by atoms with Crippen molar-refractivity contribution in [1.29, 1.82) is 0 Å². The molecular formula is C12H22N4O2. The highest BCUT2D eigenvalue weighted by molar-refractivity contribution is 5.73. The van der Waals surface area contributed by atoms with Crippen LogP contribution in [0.4, 0.5) is 0 Å². The van der Waals surface area contributed by atoms with Crippen LogP contribution < -0.4 is 0 Å². The fourth-order valence-corrected chi connectivity index (χ4v) is 1.61. The Hall–Kier alpha value is -1.46. The van der Waals surface area contributed by atoms with Gasteiger partial charge in [0.15, 0.2) is 5.82 Å². The Morgan fingerprint density at radius 3 is 2.50 bits per heavy atom. The van der Waals surface area contributed by atoms with E-state index in [0.717, 1.165) is 5.82 Å². The Morgan fingerprint density at radius 2 is 2.06 bits per heavy atom. The van der Waals surface area contributed by atoms with Crippen LogP contribution in [0.15, 0.2) is 0 Å². The minimum absolute atomic E-state index is 0.204. The summed E-state index contributed by atoms with van der Waals surface area (Å²) in [7, 11) is 0. The number of nitrogens with zero attached hydrogens (tertiary/aromatic N) is 4. The highest BCUT2D eigenvalue weighted by atomic mass is 16.4. The molecule has 0 saturated heterocycles. The SMILES string of the molecule is CCC(C)(Cn1nnnc1C(C)C(C)C)C(=O)O. The second-order valence-electron chi connectivity index (χ2n) is 5.45. The van der Waals surface area contributed by atoms with Crippen molar-refractivity contribution in [2.24, 2.45) is 11.3 Å². The lowest BCUT2D eigenvalue weighted by Gasteiger charge is -2.24. The first kappa shape index (κ1) is 14.6. The van der Waals surface area contributed by atoms with E-state index in [4.69, 9.17) is 0 Å². The minimum Gasteiger partial charge on any atom is -0.481 e. The minimum atomic E-state index is -0.833. The highest BCUT2D eigenvalue weighted by Crippen LogP contribution is 2.27. The van der Waals surface area contributed by atoms with Crippen LogP contribution in [0.5, 0.6) is 0 Å². The van der Waals surface area contributed by atoms with Crippen molar-refractivity contribution in [1.82, 2.24) is 20.2 Å². The number of rotatable bonds is 6. The van der Waals surface area contributed by atoms with E-state index in [9.17, 15) is 9.90 Å². The van der Waals surface area contributed by atoms with E-state index in [1.165, 1.54) is 0 Å². The third-order valence-electron chi connectivity index (χ3n) is 3.76. The number of hydrogen-bond acceptors (Lipinski definition) is 4. The third-order valence-corrected chi connectivity index (χ3v) is 3.76. The maximum atomic E-state index is 11.3. The molecule has 1 aromatic heterocycles. The zero-order valence-electron chi connectivity index (χ0n) is 11.7. The molecule has 0 radical (unpaired) electrons. The summed E-state index contributed by atoms with van der Waals surface area (Å²) >= 11 is 0. The van der Waals surface area contributed by atoms with Crippen LogP contribution in [0.25, 0.3) is 0 Å². The third kappa shape index (κ3) is 2.86. The normalized spacial score (nSPS) is 16.6. The van der Waals surface area contributed by atoms with Crippen LogP contribution in [0.1, 0.15) is 52.8 Å². The molecule has 2 unspecified atom stereocenters. The van der Waals surface area contributed by atoms with Gasteiger partial charge in [0.1, 0.15) is 0 Å². The summed E-state index contributed by atoms with van der Waals surface area (Å²) in [5.74, 6) is 0.553. The Morgan fingerprint density at radius 1 is 1.44 bits per heavy atom. The fourth-order valence-electron chi connectivity index (χ4n) is 1.61. The zero-order valence-corrected chi connectivity index (χ0v) is 11.7. The predicted octanol–water partition coefficient (Wildman–Crippen LogP) is 1.93. The van der Waals surface area contributed by atoms with E-state index in [2.05, 4.69) is 36.3 Å². The summed E-state index contributed by atoms with van der Waals surface area (Å²) in [5, 5.41) is 20.9. The fraction of sp³-hybridized carbons (Fsp3) is 0.833. The molecule has 1 heterocycles. The van der Waals surface area contributed by atoms with Crippen LogP contribution in [-0.4, -0.2) is 31.3 Å². The van der Waals surface area contributed by atoms with Gasteiger partial charge < -0.3 is 5.11 Å². The summed E-state index contributed by atoms with van der Waals surface area (Å²) in [4.78, 5) is 11.3. The monoisotopic (exact) mass is 254 g/mol. The first-order valence-electron chi connectivity index (χ1n) is 6.31. The van der Waals surface area contributed by atoms with Gasteiger partial charge in [0.05, 0.1) is 12.0 Å². The average molecular weight is 254 g/mol. The number of hydrogen-bond donors (Lipinski definition) is 1. The van der Waals surface area contributed by atoms with Gasteiger partial charge in [-0.15, -0.1) is 5.10 Å². The average Bonchev–Trinajstić information content (AvgIpc) is 2.75. The van der Waals surface area contributed by atoms with Crippen LogP contribution in [-0.2, 0) is 11.3 Å². The predicted molar refractivity (Wildman–Crippen MR) is 67.1 cm³/mol. The van der Waals surface area contributed by atoms with Crippen molar-refractivity contribution in [3.8, 4) is 0 Å². The highest BCUT2D eigenvalue weighted by Gasteiger charge is 2.33. The number of aliphatic carboxylic acids is 1. The van der Waals surface area contributed by atoms with Crippen molar-refractivity contribution in [3.63, 3.8) is 0 Å². The number of carboxylic acids is 1. The van der Waals surface area contributed by atoms with E-state index in [1.54, 1.807) is 11.6 Å². The summed E-state index contributed by atoms with van der Waals surface area (Å²) in [5.41, 5.74) is -0.833. The summed E-state index contributed by atoms with van der Waals surface area (Å²) in [6.07, 6.45) is 0.539. The first-order valence-corrected chi connectivity index (χ1v) is 6.31. The Bertz CT molecular complexity index is 416. The van der Waals surface area contributed by atoms with Gasteiger partial charge in [-0.25, -0.2) is 4.68 Å². The largest absolute Gasteiger partial charge is 0.481 e. The molecule has 0 bridgehead atoms. The quantitative estimate of drug-likeness (QED) is 0.839. The smallest absolute Gasteiger partial charge is 0.311 e. The van der Waals surface area contributed by atoms with Crippen molar-refractivity contribution < 1.29 is 9.90 Å². The van der Waals surface area contributed by atoms with Gasteiger partial charge in [-0.3, -0.25) is 4.79 Å². The molecule has 0 aromatic carbocycles. The van der Waals surface area contributed by atoms with Gasteiger partial charge in [-0.1, -0.05) is 27.7 Å². The summed E-state index contributed by atoms with van der Waals surface area (Å²) in [6, 6.07) is 0. The molecule has 0 fully saturated rings. The lowest BCUT2D eigenvalue weighted by atomic mass is 9.87.